The van der Waals surface area contributed by atoms with Gasteiger partial charge in [0.1, 0.15) is 5.41 Å². The van der Waals surface area contributed by atoms with Crippen LogP contribution in [0.25, 0.3) is 0 Å². The van der Waals surface area contributed by atoms with Crippen molar-refractivity contribution in [2.45, 2.75) is 25.4 Å². The lowest BCUT2D eigenvalue weighted by Crippen LogP contribution is -2.45. The van der Waals surface area contributed by atoms with Crippen molar-refractivity contribution in [2.75, 3.05) is 0 Å². The molecular formula is C6H6F3O. The summed E-state index contributed by atoms with van der Waals surface area (Å²) in [6, 6.07) is 0. The summed E-state index contributed by atoms with van der Waals surface area (Å²) >= 11 is 0. The van der Waals surface area contributed by atoms with E-state index in [0.29, 0.717) is 6.42 Å². The van der Waals surface area contributed by atoms with E-state index in [1.807, 2.05) is 0 Å². The highest BCUT2D eigenvalue weighted by Gasteiger charge is 2.59. The van der Waals surface area contributed by atoms with Crippen LogP contribution in [0.15, 0.2) is 0 Å². The first kappa shape index (κ1) is 7.57. The molecule has 1 rings (SSSR count). The largest absolute Gasteiger partial charge is 0.401 e. The van der Waals surface area contributed by atoms with Crippen LogP contribution >= 0.6 is 0 Å². The van der Waals surface area contributed by atoms with Crippen molar-refractivity contribution >= 4 is 6.29 Å². The summed E-state index contributed by atoms with van der Waals surface area (Å²) in [4.78, 5) is 9.91. The molecule has 0 atom stereocenters. The standard InChI is InChI=1S/C6H6F3O/c7-6(8,9)5(4-10)2-1-3-5/h1-3H2. The van der Waals surface area contributed by atoms with E-state index in [2.05, 4.69) is 0 Å². The minimum atomic E-state index is -4.38. The second-order valence-corrected chi connectivity index (χ2v) is 2.54. The van der Waals surface area contributed by atoms with Gasteiger partial charge in [0.15, 0.2) is 0 Å². The van der Waals surface area contributed by atoms with Gasteiger partial charge in [-0.25, -0.2) is 0 Å². The third-order valence-electron chi connectivity index (χ3n) is 1.95. The zero-order valence-corrected chi connectivity index (χ0v) is 5.16. The molecule has 10 heavy (non-hydrogen) atoms. The first-order chi connectivity index (χ1) is 4.52. The number of hydrogen-bond donors (Lipinski definition) is 0. The average Bonchev–Trinajstić information content (AvgIpc) is 1.58. The number of rotatable bonds is 1. The average molecular weight is 151 g/mol. The number of alkyl halides is 3. The van der Waals surface area contributed by atoms with Gasteiger partial charge in [-0.1, -0.05) is 6.42 Å². The summed E-state index contributed by atoms with van der Waals surface area (Å²) < 4.78 is 35.7. The third-order valence-corrected chi connectivity index (χ3v) is 1.95. The maximum absolute atomic E-state index is 11.9. The van der Waals surface area contributed by atoms with Crippen molar-refractivity contribution in [1.82, 2.24) is 0 Å². The predicted molar refractivity (Wildman–Crippen MR) is 28.0 cm³/mol. The molecule has 0 unspecified atom stereocenters. The first-order valence-electron chi connectivity index (χ1n) is 2.98. The van der Waals surface area contributed by atoms with Gasteiger partial charge < -0.3 is 0 Å². The maximum atomic E-state index is 11.9. The van der Waals surface area contributed by atoms with Crippen LogP contribution < -0.4 is 0 Å². The monoisotopic (exact) mass is 151 g/mol. The maximum Gasteiger partial charge on any atom is 0.401 e. The Labute approximate surface area is 56.2 Å². The van der Waals surface area contributed by atoms with Crippen molar-refractivity contribution in [1.29, 1.82) is 0 Å². The van der Waals surface area contributed by atoms with E-state index in [9.17, 15) is 18.0 Å². The van der Waals surface area contributed by atoms with Gasteiger partial charge in [-0.05, 0) is 12.8 Å². The fourth-order valence-corrected chi connectivity index (χ4v) is 0.974. The minimum Gasteiger partial charge on any atom is -0.290 e. The van der Waals surface area contributed by atoms with Crippen LogP contribution in [0.2, 0.25) is 0 Å². The molecule has 0 bridgehead atoms. The molecule has 1 fully saturated rings. The smallest absolute Gasteiger partial charge is 0.290 e. The lowest BCUT2D eigenvalue weighted by Gasteiger charge is -2.37. The van der Waals surface area contributed by atoms with Crippen molar-refractivity contribution in [3.05, 3.63) is 0 Å². The molecule has 0 aromatic carbocycles. The van der Waals surface area contributed by atoms with E-state index in [1.165, 1.54) is 0 Å². The van der Waals surface area contributed by atoms with Gasteiger partial charge in [0.25, 0.3) is 0 Å². The Morgan fingerprint density at radius 1 is 1.30 bits per heavy atom. The van der Waals surface area contributed by atoms with Crippen molar-refractivity contribution < 1.29 is 18.0 Å². The Bertz CT molecular complexity index is 146. The van der Waals surface area contributed by atoms with E-state index >= 15 is 0 Å². The fourth-order valence-electron chi connectivity index (χ4n) is 0.974. The highest BCUT2D eigenvalue weighted by Crippen LogP contribution is 2.51. The molecule has 1 nitrogen and oxygen atoms in total. The molecule has 1 radical (unpaired) electrons. The molecule has 4 heteroatoms. The van der Waals surface area contributed by atoms with E-state index in [4.69, 9.17) is 0 Å². The lowest BCUT2D eigenvalue weighted by atomic mass is 9.69. The first-order valence-corrected chi connectivity index (χ1v) is 2.98. The second kappa shape index (κ2) is 1.97. The Hall–Kier alpha value is -0.540. The Balaban J connectivity index is 2.74. The summed E-state index contributed by atoms with van der Waals surface area (Å²) in [6.45, 7) is 0. The second-order valence-electron chi connectivity index (χ2n) is 2.54. The van der Waals surface area contributed by atoms with Crippen LogP contribution in [0.1, 0.15) is 19.3 Å². The summed E-state index contributed by atoms with van der Waals surface area (Å²) in [6.07, 6.45) is -2.99. The molecule has 0 amide bonds. The molecule has 1 saturated carbocycles. The molecule has 0 aromatic heterocycles. The molecule has 0 saturated heterocycles. The molecule has 0 aliphatic heterocycles. The lowest BCUT2D eigenvalue weighted by molar-refractivity contribution is -0.220. The van der Waals surface area contributed by atoms with Crippen LogP contribution in [0.4, 0.5) is 13.2 Å². The van der Waals surface area contributed by atoms with E-state index in [-0.39, 0.29) is 12.8 Å². The van der Waals surface area contributed by atoms with E-state index in [0.717, 1.165) is 6.29 Å². The Kier molecular flexibility index (Phi) is 1.49. The zero-order valence-electron chi connectivity index (χ0n) is 5.16. The van der Waals surface area contributed by atoms with Crippen LogP contribution in [-0.2, 0) is 4.79 Å². The highest BCUT2D eigenvalue weighted by molar-refractivity contribution is 5.63. The van der Waals surface area contributed by atoms with Gasteiger partial charge in [0, 0.05) is 0 Å². The summed E-state index contributed by atoms with van der Waals surface area (Å²) in [5, 5.41) is 0. The number of carbonyl (C=O) groups excluding carboxylic acids is 1. The topological polar surface area (TPSA) is 17.1 Å². The Morgan fingerprint density at radius 3 is 1.80 bits per heavy atom. The van der Waals surface area contributed by atoms with Crippen molar-refractivity contribution in [2.24, 2.45) is 5.41 Å². The van der Waals surface area contributed by atoms with Crippen molar-refractivity contribution in [3.8, 4) is 0 Å². The van der Waals surface area contributed by atoms with E-state index in [1.54, 1.807) is 0 Å². The Morgan fingerprint density at radius 2 is 1.80 bits per heavy atom. The quantitative estimate of drug-likeness (QED) is 0.558. The highest BCUT2D eigenvalue weighted by atomic mass is 19.4. The summed E-state index contributed by atoms with van der Waals surface area (Å²) in [5.74, 6) is 0. The zero-order chi connectivity index (χ0) is 7.83. The van der Waals surface area contributed by atoms with Gasteiger partial charge in [0.05, 0.1) is 0 Å². The molecule has 0 heterocycles. The molecular weight excluding hydrogens is 145 g/mol. The fraction of sp³-hybridized carbons (Fsp3) is 0.833. The third kappa shape index (κ3) is 0.822. The van der Waals surface area contributed by atoms with Crippen molar-refractivity contribution in [3.63, 3.8) is 0 Å². The van der Waals surface area contributed by atoms with Crippen LogP contribution in [0, 0.1) is 5.41 Å². The van der Waals surface area contributed by atoms with Gasteiger partial charge in [0.2, 0.25) is 6.29 Å². The molecule has 0 spiro atoms. The molecule has 1 aliphatic carbocycles. The van der Waals surface area contributed by atoms with Crippen LogP contribution in [0.5, 0.6) is 0 Å². The van der Waals surface area contributed by atoms with Gasteiger partial charge in [-0.2, -0.15) is 13.2 Å². The number of hydrogen-bond acceptors (Lipinski definition) is 1. The summed E-state index contributed by atoms with van der Waals surface area (Å²) in [7, 11) is 0. The van der Waals surface area contributed by atoms with Gasteiger partial charge >= 0.3 is 6.18 Å². The minimum absolute atomic E-state index is 0.0833. The SMILES string of the molecule is O=[C]C1(C(F)(F)F)CCC1. The van der Waals surface area contributed by atoms with Crippen LogP contribution in [0.3, 0.4) is 0 Å². The number of halogens is 3. The van der Waals surface area contributed by atoms with Gasteiger partial charge in [-0.15, -0.1) is 0 Å². The molecule has 1 aliphatic rings. The molecule has 0 N–H and O–H groups in total. The molecule has 57 valence electrons. The normalized spacial score (nSPS) is 23.5. The predicted octanol–water partition coefficient (Wildman–Crippen LogP) is 1.83. The van der Waals surface area contributed by atoms with E-state index < -0.39 is 11.6 Å². The van der Waals surface area contributed by atoms with Gasteiger partial charge in [-0.3, -0.25) is 4.79 Å². The summed E-state index contributed by atoms with van der Waals surface area (Å²) in [5.41, 5.74) is -2.10. The molecule has 0 aromatic rings. The van der Waals surface area contributed by atoms with Crippen LogP contribution in [-0.4, -0.2) is 12.5 Å².